The van der Waals surface area contributed by atoms with E-state index < -0.39 is 0 Å². The summed E-state index contributed by atoms with van der Waals surface area (Å²) >= 11 is 3.17. The standard InChI is InChI=1S/C15H18N2O2S2/c1-10-7-17(8-11(2)19-10)14(18)9-20-15-16-12-5-3-4-6-13(12)21-15/h3-6,10-11H,7-9H2,1-2H3/t10-,11+. The average molecular weight is 322 g/mol. The van der Waals surface area contributed by atoms with E-state index in [0.29, 0.717) is 18.8 Å². The fraction of sp³-hybridized carbons (Fsp3) is 0.467. The van der Waals surface area contributed by atoms with Crippen LogP contribution in [-0.2, 0) is 9.53 Å². The molecule has 21 heavy (non-hydrogen) atoms. The molecule has 1 amide bonds. The van der Waals surface area contributed by atoms with Gasteiger partial charge in [0.15, 0.2) is 4.34 Å². The molecule has 1 saturated heterocycles. The van der Waals surface area contributed by atoms with Gasteiger partial charge in [-0.3, -0.25) is 4.79 Å². The Kier molecular flexibility index (Phi) is 4.47. The van der Waals surface area contributed by atoms with Gasteiger partial charge in [0.2, 0.25) is 5.91 Å². The molecule has 1 fully saturated rings. The summed E-state index contributed by atoms with van der Waals surface area (Å²) in [5.74, 6) is 0.612. The van der Waals surface area contributed by atoms with E-state index >= 15 is 0 Å². The largest absolute Gasteiger partial charge is 0.372 e. The summed E-state index contributed by atoms with van der Waals surface area (Å²) < 4.78 is 7.78. The first-order valence-electron chi connectivity index (χ1n) is 7.03. The third kappa shape index (κ3) is 3.56. The Balaban J connectivity index is 1.60. The number of thioether (sulfide) groups is 1. The van der Waals surface area contributed by atoms with Gasteiger partial charge in [-0.15, -0.1) is 11.3 Å². The topological polar surface area (TPSA) is 42.4 Å². The van der Waals surface area contributed by atoms with Crippen molar-refractivity contribution in [2.24, 2.45) is 0 Å². The van der Waals surface area contributed by atoms with E-state index in [1.54, 1.807) is 11.3 Å². The smallest absolute Gasteiger partial charge is 0.233 e. The molecular weight excluding hydrogens is 304 g/mol. The molecule has 0 spiro atoms. The number of morpholine rings is 1. The highest BCUT2D eigenvalue weighted by Gasteiger charge is 2.25. The molecule has 0 radical (unpaired) electrons. The lowest BCUT2D eigenvalue weighted by Crippen LogP contribution is -2.48. The molecule has 2 atom stereocenters. The predicted molar refractivity (Wildman–Crippen MR) is 86.9 cm³/mol. The number of hydrogen-bond donors (Lipinski definition) is 0. The van der Waals surface area contributed by atoms with Crippen LogP contribution >= 0.6 is 23.1 Å². The Morgan fingerprint density at radius 2 is 2.10 bits per heavy atom. The van der Waals surface area contributed by atoms with Crippen molar-refractivity contribution in [1.29, 1.82) is 0 Å². The highest BCUT2D eigenvalue weighted by Crippen LogP contribution is 2.29. The van der Waals surface area contributed by atoms with Crippen LogP contribution in [0.4, 0.5) is 0 Å². The van der Waals surface area contributed by atoms with Crippen LogP contribution in [0.15, 0.2) is 28.6 Å². The van der Waals surface area contributed by atoms with Gasteiger partial charge >= 0.3 is 0 Å². The molecule has 112 valence electrons. The third-order valence-corrected chi connectivity index (χ3v) is 5.53. The monoisotopic (exact) mass is 322 g/mol. The van der Waals surface area contributed by atoms with Gasteiger partial charge in [0.25, 0.3) is 0 Å². The van der Waals surface area contributed by atoms with Gasteiger partial charge < -0.3 is 9.64 Å². The zero-order valence-corrected chi connectivity index (χ0v) is 13.7. The molecule has 1 aliphatic rings. The second-order valence-electron chi connectivity index (χ2n) is 5.29. The normalized spacial score (nSPS) is 22.7. The van der Waals surface area contributed by atoms with Crippen molar-refractivity contribution in [3.63, 3.8) is 0 Å². The number of carbonyl (C=O) groups excluding carboxylic acids is 1. The minimum absolute atomic E-state index is 0.116. The number of fused-ring (bicyclic) bond motifs is 1. The minimum Gasteiger partial charge on any atom is -0.372 e. The summed E-state index contributed by atoms with van der Waals surface area (Å²) in [6.07, 6.45) is 0.232. The molecule has 6 heteroatoms. The van der Waals surface area contributed by atoms with E-state index in [4.69, 9.17) is 4.74 Å². The van der Waals surface area contributed by atoms with Crippen molar-refractivity contribution in [3.8, 4) is 0 Å². The highest BCUT2D eigenvalue weighted by molar-refractivity contribution is 8.01. The number of aromatic nitrogens is 1. The number of para-hydroxylation sites is 1. The van der Waals surface area contributed by atoms with Crippen LogP contribution in [0.5, 0.6) is 0 Å². The quantitative estimate of drug-likeness (QED) is 0.815. The maximum atomic E-state index is 12.3. The minimum atomic E-state index is 0.116. The number of amides is 1. The lowest BCUT2D eigenvalue weighted by Gasteiger charge is -2.35. The number of rotatable bonds is 3. The molecule has 3 rings (SSSR count). The van der Waals surface area contributed by atoms with Crippen molar-refractivity contribution in [1.82, 2.24) is 9.88 Å². The number of ether oxygens (including phenoxy) is 1. The highest BCUT2D eigenvalue weighted by atomic mass is 32.2. The molecule has 0 unspecified atom stereocenters. The fourth-order valence-electron chi connectivity index (χ4n) is 2.51. The third-order valence-electron chi connectivity index (χ3n) is 3.37. The second-order valence-corrected chi connectivity index (χ2v) is 7.55. The first-order valence-corrected chi connectivity index (χ1v) is 8.83. The maximum absolute atomic E-state index is 12.3. The summed E-state index contributed by atoms with van der Waals surface area (Å²) in [4.78, 5) is 18.8. The van der Waals surface area contributed by atoms with Crippen LogP contribution in [0.3, 0.4) is 0 Å². The Hall–Kier alpha value is -1.11. The van der Waals surface area contributed by atoms with Crippen LogP contribution in [0.2, 0.25) is 0 Å². The van der Waals surface area contributed by atoms with Gasteiger partial charge in [-0.25, -0.2) is 4.98 Å². The summed E-state index contributed by atoms with van der Waals surface area (Å²) in [7, 11) is 0. The van der Waals surface area contributed by atoms with Gasteiger partial charge in [-0.05, 0) is 26.0 Å². The molecule has 0 aliphatic carbocycles. The SMILES string of the molecule is C[C@@H]1CN(C(=O)CSc2nc3ccccc3s2)C[C@H](C)O1. The van der Waals surface area contributed by atoms with Crippen molar-refractivity contribution in [2.45, 2.75) is 30.4 Å². The number of carbonyl (C=O) groups is 1. The van der Waals surface area contributed by atoms with Crippen molar-refractivity contribution in [3.05, 3.63) is 24.3 Å². The number of benzene rings is 1. The summed E-state index contributed by atoms with van der Waals surface area (Å²) in [5.41, 5.74) is 1.01. The van der Waals surface area contributed by atoms with Crippen LogP contribution in [0.25, 0.3) is 10.2 Å². The number of thiazole rings is 1. The first kappa shape index (κ1) is 14.8. The molecule has 1 aromatic carbocycles. The second kappa shape index (κ2) is 6.34. The molecule has 2 aromatic rings. The summed E-state index contributed by atoms with van der Waals surface area (Å²) in [5, 5.41) is 0. The molecule has 0 bridgehead atoms. The summed E-state index contributed by atoms with van der Waals surface area (Å²) in [6.45, 7) is 5.39. The van der Waals surface area contributed by atoms with E-state index in [2.05, 4.69) is 11.1 Å². The van der Waals surface area contributed by atoms with Gasteiger partial charge in [0.1, 0.15) is 0 Å². The Morgan fingerprint density at radius 1 is 1.38 bits per heavy atom. The molecule has 1 aliphatic heterocycles. The van der Waals surface area contributed by atoms with E-state index in [1.165, 1.54) is 16.5 Å². The van der Waals surface area contributed by atoms with E-state index in [-0.39, 0.29) is 18.1 Å². The molecule has 4 nitrogen and oxygen atoms in total. The Labute approximate surface area is 132 Å². The van der Waals surface area contributed by atoms with Gasteiger partial charge in [0, 0.05) is 13.1 Å². The van der Waals surface area contributed by atoms with Gasteiger partial charge in [-0.2, -0.15) is 0 Å². The van der Waals surface area contributed by atoms with Crippen molar-refractivity contribution in [2.75, 3.05) is 18.8 Å². The zero-order chi connectivity index (χ0) is 14.8. The molecular formula is C15H18N2O2S2. The maximum Gasteiger partial charge on any atom is 0.233 e. The number of nitrogens with zero attached hydrogens (tertiary/aromatic N) is 2. The van der Waals surface area contributed by atoms with Crippen LogP contribution in [0, 0.1) is 0 Å². The molecule has 1 aromatic heterocycles. The van der Waals surface area contributed by atoms with Crippen molar-refractivity contribution >= 4 is 39.2 Å². The van der Waals surface area contributed by atoms with Crippen LogP contribution in [-0.4, -0.2) is 46.8 Å². The van der Waals surface area contributed by atoms with E-state index in [9.17, 15) is 4.79 Å². The molecule has 0 N–H and O–H groups in total. The lowest BCUT2D eigenvalue weighted by molar-refractivity contribution is -0.140. The fourth-order valence-corrected chi connectivity index (χ4v) is 4.48. The average Bonchev–Trinajstić information content (AvgIpc) is 2.86. The van der Waals surface area contributed by atoms with Gasteiger partial charge in [0.05, 0.1) is 28.2 Å². The lowest BCUT2D eigenvalue weighted by atomic mass is 10.2. The number of hydrogen-bond acceptors (Lipinski definition) is 5. The Morgan fingerprint density at radius 3 is 2.81 bits per heavy atom. The van der Waals surface area contributed by atoms with Crippen molar-refractivity contribution < 1.29 is 9.53 Å². The molecule has 0 saturated carbocycles. The Bertz CT molecular complexity index is 600. The van der Waals surface area contributed by atoms with Gasteiger partial charge in [-0.1, -0.05) is 23.9 Å². The summed E-state index contributed by atoms with van der Waals surface area (Å²) in [6, 6.07) is 8.06. The first-order chi connectivity index (χ1) is 10.1. The van der Waals surface area contributed by atoms with E-state index in [0.717, 1.165) is 9.86 Å². The predicted octanol–water partition coefficient (Wildman–Crippen LogP) is 3.02. The van der Waals surface area contributed by atoms with E-state index in [1.807, 2.05) is 36.9 Å². The van der Waals surface area contributed by atoms with Crippen LogP contribution in [0.1, 0.15) is 13.8 Å². The zero-order valence-electron chi connectivity index (χ0n) is 12.1. The van der Waals surface area contributed by atoms with Crippen LogP contribution < -0.4 is 0 Å². The molecule has 2 heterocycles.